The average molecular weight is 247 g/mol. The van der Waals surface area contributed by atoms with E-state index >= 15 is 0 Å². The van der Waals surface area contributed by atoms with E-state index in [9.17, 15) is 0 Å². The molecule has 3 heteroatoms. The summed E-state index contributed by atoms with van der Waals surface area (Å²) in [5.41, 5.74) is 3.98. The van der Waals surface area contributed by atoms with E-state index in [0.717, 1.165) is 16.8 Å². The molecule has 0 saturated carbocycles. The van der Waals surface area contributed by atoms with Crippen LogP contribution < -0.4 is 5.32 Å². The van der Waals surface area contributed by atoms with Gasteiger partial charge < -0.3 is 5.32 Å². The van der Waals surface area contributed by atoms with Crippen molar-refractivity contribution in [2.45, 2.75) is 13.5 Å². The van der Waals surface area contributed by atoms with E-state index in [2.05, 4.69) is 17.5 Å². The highest BCUT2D eigenvalue weighted by Gasteiger charge is 2.05. The molecule has 0 aromatic heterocycles. The quantitative estimate of drug-likeness (QED) is 0.904. The predicted molar refractivity (Wildman–Crippen MR) is 74.4 cm³/mol. The Labute approximate surface area is 112 Å². The van der Waals surface area contributed by atoms with Gasteiger partial charge in [0.2, 0.25) is 0 Å². The van der Waals surface area contributed by atoms with E-state index in [0.29, 0.717) is 17.7 Å². The maximum absolute atomic E-state index is 9.15. The molecule has 0 amide bonds. The van der Waals surface area contributed by atoms with Gasteiger partial charge in [0.15, 0.2) is 0 Å². The third-order valence-electron chi connectivity index (χ3n) is 2.99. The molecule has 0 atom stereocenters. The van der Waals surface area contributed by atoms with Gasteiger partial charge in [-0.1, -0.05) is 30.3 Å². The predicted octanol–water partition coefficient (Wildman–Crippen LogP) is 3.35. The number of rotatable bonds is 3. The first-order chi connectivity index (χ1) is 9.26. The maximum Gasteiger partial charge on any atom is 0.102 e. The van der Waals surface area contributed by atoms with Gasteiger partial charge in [0.25, 0.3) is 0 Å². The zero-order valence-corrected chi connectivity index (χ0v) is 10.6. The summed E-state index contributed by atoms with van der Waals surface area (Å²) in [6, 6.07) is 17.5. The third-order valence-corrected chi connectivity index (χ3v) is 2.99. The molecule has 1 N–H and O–H groups in total. The molecule has 0 aliphatic rings. The van der Waals surface area contributed by atoms with Gasteiger partial charge in [-0.3, -0.25) is 0 Å². The van der Waals surface area contributed by atoms with Gasteiger partial charge in [0.1, 0.15) is 6.07 Å². The molecule has 92 valence electrons. The lowest BCUT2D eigenvalue weighted by molar-refractivity contribution is 1.13. The summed E-state index contributed by atoms with van der Waals surface area (Å²) in [6.07, 6.45) is 0. The van der Waals surface area contributed by atoms with Gasteiger partial charge >= 0.3 is 0 Å². The molecule has 0 unspecified atom stereocenters. The number of nitriles is 2. The van der Waals surface area contributed by atoms with Crippen LogP contribution in [-0.4, -0.2) is 0 Å². The fourth-order valence-corrected chi connectivity index (χ4v) is 1.94. The Morgan fingerprint density at radius 1 is 1.00 bits per heavy atom. The van der Waals surface area contributed by atoms with Gasteiger partial charge in [-0.05, 0) is 30.2 Å². The minimum atomic E-state index is 0.530. The minimum Gasteiger partial charge on any atom is -0.380 e. The summed E-state index contributed by atoms with van der Waals surface area (Å²) in [5, 5.41) is 21.4. The van der Waals surface area contributed by atoms with Crippen molar-refractivity contribution in [3.63, 3.8) is 0 Å². The van der Waals surface area contributed by atoms with E-state index in [1.807, 2.05) is 43.3 Å². The van der Waals surface area contributed by atoms with Gasteiger partial charge in [0.05, 0.1) is 22.9 Å². The van der Waals surface area contributed by atoms with E-state index in [4.69, 9.17) is 10.5 Å². The van der Waals surface area contributed by atoms with Crippen molar-refractivity contribution in [2.24, 2.45) is 0 Å². The van der Waals surface area contributed by atoms with Crippen molar-refractivity contribution < 1.29 is 0 Å². The van der Waals surface area contributed by atoms with Crippen LogP contribution in [0.5, 0.6) is 0 Å². The normalized spacial score (nSPS) is 9.42. The first-order valence-electron chi connectivity index (χ1n) is 5.98. The summed E-state index contributed by atoms with van der Waals surface area (Å²) >= 11 is 0. The Balaban J connectivity index is 2.23. The molecule has 0 aliphatic heterocycles. The summed E-state index contributed by atoms with van der Waals surface area (Å²) in [6.45, 7) is 2.44. The first kappa shape index (κ1) is 12.7. The van der Waals surface area contributed by atoms with Crippen molar-refractivity contribution in [2.75, 3.05) is 5.32 Å². The molecular formula is C16H13N3. The molecule has 0 spiro atoms. The average Bonchev–Trinajstić information content (AvgIpc) is 2.45. The highest BCUT2D eigenvalue weighted by molar-refractivity contribution is 5.61. The zero-order valence-electron chi connectivity index (χ0n) is 10.6. The molecule has 0 radical (unpaired) electrons. The zero-order chi connectivity index (χ0) is 13.7. The number of hydrogen-bond acceptors (Lipinski definition) is 3. The van der Waals surface area contributed by atoms with E-state index in [-0.39, 0.29) is 0 Å². The third kappa shape index (κ3) is 2.73. The molecule has 2 aromatic carbocycles. The van der Waals surface area contributed by atoms with Gasteiger partial charge in [-0.15, -0.1) is 0 Å². The molecule has 0 fully saturated rings. The molecule has 2 aromatic rings. The van der Waals surface area contributed by atoms with Crippen molar-refractivity contribution in [1.29, 1.82) is 10.5 Å². The second-order valence-corrected chi connectivity index (χ2v) is 4.23. The van der Waals surface area contributed by atoms with Crippen LogP contribution in [0.3, 0.4) is 0 Å². The van der Waals surface area contributed by atoms with Crippen LogP contribution in [0.1, 0.15) is 22.3 Å². The monoisotopic (exact) mass is 247 g/mol. The SMILES string of the molecule is Cc1cccc(NCc2ccccc2C#N)c1C#N. The van der Waals surface area contributed by atoms with Crippen LogP contribution in [0.25, 0.3) is 0 Å². The van der Waals surface area contributed by atoms with Crippen molar-refractivity contribution in [3.8, 4) is 12.1 Å². The second-order valence-electron chi connectivity index (χ2n) is 4.23. The minimum absolute atomic E-state index is 0.530. The van der Waals surface area contributed by atoms with Crippen LogP contribution in [0.15, 0.2) is 42.5 Å². The molecular weight excluding hydrogens is 234 g/mol. The van der Waals surface area contributed by atoms with Gasteiger partial charge in [0, 0.05) is 6.54 Å². The Morgan fingerprint density at radius 3 is 2.53 bits per heavy atom. The number of aryl methyl sites for hydroxylation is 1. The van der Waals surface area contributed by atoms with E-state index < -0.39 is 0 Å². The van der Waals surface area contributed by atoms with E-state index in [1.165, 1.54) is 0 Å². The number of hydrogen-bond donors (Lipinski definition) is 1. The molecule has 0 aliphatic carbocycles. The summed E-state index contributed by atoms with van der Waals surface area (Å²) in [4.78, 5) is 0. The Bertz CT molecular complexity index is 675. The fourth-order valence-electron chi connectivity index (χ4n) is 1.94. The summed E-state index contributed by atoms with van der Waals surface area (Å²) in [5.74, 6) is 0. The van der Waals surface area contributed by atoms with Crippen LogP contribution in [0.2, 0.25) is 0 Å². The number of anilines is 1. The summed E-state index contributed by atoms with van der Waals surface area (Å²) < 4.78 is 0. The van der Waals surface area contributed by atoms with Crippen LogP contribution >= 0.6 is 0 Å². The van der Waals surface area contributed by atoms with Crippen molar-refractivity contribution >= 4 is 5.69 Å². The lowest BCUT2D eigenvalue weighted by Gasteiger charge is -2.10. The molecule has 0 bridgehead atoms. The molecule has 19 heavy (non-hydrogen) atoms. The highest BCUT2D eigenvalue weighted by atomic mass is 14.9. The highest BCUT2D eigenvalue weighted by Crippen LogP contribution is 2.19. The standard InChI is InChI=1S/C16H13N3/c1-12-5-4-8-16(15(12)10-18)19-11-14-7-3-2-6-13(14)9-17/h2-8,19H,11H2,1H3. The first-order valence-corrected chi connectivity index (χ1v) is 5.98. The number of benzene rings is 2. The topological polar surface area (TPSA) is 59.6 Å². The van der Waals surface area contributed by atoms with E-state index in [1.54, 1.807) is 6.07 Å². The lowest BCUT2D eigenvalue weighted by atomic mass is 10.1. The Kier molecular flexibility index (Phi) is 3.81. The summed E-state index contributed by atoms with van der Waals surface area (Å²) in [7, 11) is 0. The largest absolute Gasteiger partial charge is 0.380 e. The Morgan fingerprint density at radius 2 is 1.79 bits per heavy atom. The second kappa shape index (κ2) is 5.71. The number of nitrogens with zero attached hydrogens (tertiary/aromatic N) is 2. The molecule has 0 saturated heterocycles. The van der Waals surface area contributed by atoms with Gasteiger partial charge in [-0.25, -0.2) is 0 Å². The van der Waals surface area contributed by atoms with Crippen LogP contribution in [0.4, 0.5) is 5.69 Å². The molecule has 2 rings (SSSR count). The number of nitrogens with one attached hydrogen (secondary N) is 1. The van der Waals surface area contributed by atoms with Gasteiger partial charge in [-0.2, -0.15) is 10.5 Å². The van der Waals surface area contributed by atoms with Crippen LogP contribution in [0, 0.1) is 29.6 Å². The van der Waals surface area contributed by atoms with Crippen molar-refractivity contribution in [3.05, 3.63) is 64.7 Å². The molecule has 3 nitrogen and oxygen atoms in total. The Hall–Kier alpha value is -2.78. The van der Waals surface area contributed by atoms with Crippen molar-refractivity contribution in [1.82, 2.24) is 0 Å². The smallest absolute Gasteiger partial charge is 0.102 e. The maximum atomic E-state index is 9.15. The molecule has 0 heterocycles. The fraction of sp³-hybridized carbons (Fsp3) is 0.125. The lowest BCUT2D eigenvalue weighted by Crippen LogP contribution is -2.03. The van der Waals surface area contributed by atoms with Crippen LogP contribution in [-0.2, 0) is 6.54 Å².